The molecule has 0 bridgehead atoms. The highest BCUT2D eigenvalue weighted by Crippen LogP contribution is 2.11. The van der Waals surface area contributed by atoms with E-state index in [1.54, 1.807) is 0 Å². The summed E-state index contributed by atoms with van der Waals surface area (Å²) in [6, 6.07) is 8.40. The molecule has 0 aromatic heterocycles. The molecular formula is C18H31N3OS. The molecule has 1 aromatic carbocycles. The Morgan fingerprint density at radius 3 is 2.35 bits per heavy atom. The number of aryl methyl sites for hydroxylation is 1. The first-order valence-corrected chi connectivity index (χ1v) is 9.67. The Hall–Kier alpha value is -1.36. The third-order valence-electron chi connectivity index (χ3n) is 3.51. The smallest absolute Gasteiger partial charge is 0.191 e. The van der Waals surface area contributed by atoms with E-state index >= 15 is 0 Å². The molecule has 23 heavy (non-hydrogen) atoms. The van der Waals surface area contributed by atoms with Crippen LogP contribution < -0.4 is 10.6 Å². The van der Waals surface area contributed by atoms with Crippen LogP contribution in [0.4, 0.5) is 0 Å². The van der Waals surface area contributed by atoms with Crippen molar-refractivity contribution in [3.63, 3.8) is 0 Å². The van der Waals surface area contributed by atoms with Crippen molar-refractivity contribution in [2.24, 2.45) is 4.99 Å². The fourth-order valence-electron chi connectivity index (χ4n) is 2.13. The lowest BCUT2D eigenvalue weighted by molar-refractivity contribution is 0.647. The van der Waals surface area contributed by atoms with Gasteiger partial charge in [0, 0.05) is 34.4 Å². The van der Waals surface area contributed by atoms with E-state index in [-0.39, 0.29) is 4.75 Å². The average Bonchev–Trinajstić information content (AvgIpc) is 2.51. The van der Waals surface area contributed by atoms with Crippen molar-refractivity contribution in [2.45, 2.75) is 52.3 Å². The van der Waals surface area contributed by atoms with Gasteiger partial charge >= 0.3 is 0 Å². The standard InChI is InChI=1S/C18H31N3OS/c1-6-15-10-8-9-11-16(15)14-21-17(19-7-2)20-12-13-23(22)18(3,4)5/h8-11H,6-7,12-14H2,1-5H3,(H2,19,20,21). The van der Waals surface area contributed by atoms with E-state index in [9.17, 15) is 4.21 Å². The molecule has 0 saturated heterocycles. The molecule has 0 fully saturated rings. The van der Waals surface area contributed by atoms with Gasteiger partial charge in [-0.3, -0.25) is 4.21 Å². The molecule has 0 aliphatic carbocycles. The van der Waals surface area contributed by atoms with E-state index in [2.05, 4.69) is 46.8 Å². The Morgan fingerprint density at radius 1 is 1.13 bits per heavy atom. The van der Waals surface area contributed by atoms with Crippen molar-refractivity contribution in [3.8, 4) is 0 Å². The van der Waals surface area contributed by atoms with E-state index in [1.807, 2.05) is 27.7 Å². The topological polar surface area (TPSA) is 53.5 Å². The van der Waals surface area contributed by atoms with Crippen LogP contribution in [-0.2, 0) is 23.8 Å². The summed E-state index contributed by atoms with van der Waals surface area (Å²) >= 11 is 0. The molecule has 130 valence electrons. The first-order valence-electron chi connectivity index (χ1n) is 8.36. The van der Waals surface area contributed by atoms with Gasteiger partial charge in [0.1, 0.15) is 0 Å². The number of guanidine groups is 1. The number of aliphatic imine (C=N–C) groups is 1. The van der Waals surface area contributed by atoms with Crippen molar-refractivity contribution >= 4 is 16.8 Å². The van der Waals surface area contributed by atoms with Crippen LogP contribution in [-0.4, -0.2) is 33.8 Å². The molecule has 0 aliphatic rings. The van der Waals surface area contributed by atoms with Crippen molar-refractivity contribution < 1.29 is 4.21 Å². The quantitative estimate of drug-likeness (QED) is 0.594. The normalized spacial score (nSPS) is 13.7. The third kappa shape index (κ3) is 7.16. The van der Waals surface area contributed by atoms with Crippen LogP contribution in [0.15, 0.2) is 29.3 Å². The predicted octanol–water partition coefficient (Wildman–Crippen LogP) is 2.85. The maximum atomic E-state index is 12.1. The van der Waals surface area contributed by atoms with Gasteiger partial charge in [0.25, 0.3) is 0 Å². The summed E-state index contributed by atoms with van der Waals surface area (Å²) in [6.07, 6.45) is 1.01. The third-order valence-corrected chi connectivity index (χ3v) is 5.45. The maximum Gasteiger partial charge on any atom is 0.191 e. The fraction of sp³-hybridized carbons (Fsp3) is 0.611. The summed E-state index contributed by atoms with van der Waals surface area (Å²) in [6.45, 7) is 12.3. The van der Waals surface area contributed by atoms with Crippen LogP contribution in [0, 0.1) is 0 Å². The van der Waals surface area contributed by atoms with Crippen LogP contribution >= 0.6 is 0 Å². The van der Waals surface area contributed by atoms with Gasteiger partial charge in [-0.15, -0.1) is 0 Å². The molecular weight excluding hydrogens is 306 g/mol. The maximum absolute atomic E-state index is 12.1. The number of nitrogens with zero attached hydrogens (tertiary/aromatic N) is 1. The Balaban J connectivity index is 2.62. The van der Waals surface area contributed by atoms with Crippen molar-refractivity contribution in [1.82, 2.24) is 10.6 Å². The van der Waals surface area contributed by atoms with Gasteiger partial charge in [-0.2, -0.15) is 0 Å². The molecule has 1 aromatic rings. The molecule has 0 heterocycles. The van der Waals surface area contributed by atoms with Crippen LogP contribution in [0.25, 0.3) is 0 Å². The molecule has 0 radical (unpaired) electrons. The zero-order chi connectivity index (χ0) is 17.3. The monoisotopic (exact) mass is 337 g/mol. The summed E-state index contributed by atoms with van der Waals surface area (Å²) < 4.78 is 11.9. The Morgan fingerprint density at radius 2 is 1.78 bits per heavy atom. The lowest BCUT2D eigenvalue weighted by Crippen LogP contribution is -2.40. The van der Waals surface area contributed by atoms with Gasteiger partial charge in [-0.05, 0) is 45.2 Å². The van der Waals surface area contributed by atoms with Gasteiger partial charge in [-0.25, -0.2) is 4.99 Å². The molecule has 5 heteroatoms. The Bertz CT molecular complexity index is 535. The highest BCUT2D eigenvalue weighted by Gasteiger charge is 2.18. The van der Waals surface area contributed by atoms with Crippen LogP contribution in [0.2, 0.25) is 0 Å². The number of hydrogen-bond donors (Lipinski definition) is 2. The van der Waals surface area contributed by atoms with Crippen molar-refractivity contribution in [2.75, 3.05) is 18.8 Å². The minimum Gasteiger partial charge on any atom is -0.357 e. The summed E-state index contributed by atoms with van der Waals surface area (Å²) in [5, 5.41) is 6.52. The minimum atomic E-state index is -0.848. The second-order valence-corrected chi connectivity index (χ2v) is 8.73. The molecule has 4 nitrogen and oxygen atoms in total. The first-order chi connectivity index (χ1) is 10.9. The second-order valence-electron chi connectivity index (χ2n) is 6.41. The Labute approximate surface area is 143 Å². The molecule has 0 amide bonds. The van der Waals surface area contributed by atoms with E-state index in [4.69, 9.17) is 0 Å². The van der Waals surface area contributed by atoms with Gasteiger partial charge in [0.15, 0.2) is 5.96 Å². The number of hydrogen-bond acceptors (Lipinski definition) is 2. The Kier molecular flexibility index (Phi) is 8.31. The van der Waals surface area contributed by atoms with Crippen LogP contribution in [0.1, 0.15) is 45.7 Å². The van der Waals surface area contributed by atoms with Crippen LogP contribution in [0.5, 0.6) is 0 Å². The zero-order valence-electron chi connectivity index (χ0n) is 15.1. The lowest BCUT2D eigenvalue weighted by Gasteiger charge is -2.18. The van der Waals surface area contributed by atoms with Crippen molar-refractivity contribution in [3.05, 3.63) is 35.4 Å². The SMILES string of the molecule is CCNC(=NCc1ccccc1CC)NCCS(=O)C(C)(C)C. The molecule has 1 rings (SSSR count). The van der Waals surface area contributed by atoms with E-state index in [1.165, 1.54) is 11.1 Å². The number of rotatable bonds is 7. The molecule has 2 N–H and O–H groups in total. The highest BCUT2D eigenvalue weighted by atomic mass is 32.2. The fourth-order valence-corrected chi connectivity index (χ4v) is 3.03. The number of benzene rings is 1. The van der Waals surface area contributed by atoms with Gasteiger partial charge in [0.2, 0.25) is 0 Å². The first kappa shape index (κ1) is 19.7. The molecule has 0 aliphatic heterocycles. The largest absolute Gasteiger partial charge is 0.357 e. The zero-order valence-corrected chi connectivity index (χ0v) is 15.9. The molecule has 1 unspecified atom stereocenters. The molecule has 1 atom stereocenters. The summed E-state index contributed by atoms with van der Waals surface area (Å²) in [5.74, 6) is 1.41. The second kappa shape index (κ2) is 9.71. The van der Waals surface area contributed by atoms with Gasteiger partial charge in [0.05, 0.1) is 6.54 Å². The van der Waals surface area contributed by atoms with Gasteiger partial charge in [-0.1, -0.05) is 31.2 Å². The lowest BCUT2D eigenvalue weighted by atomic mass is 10.1. The molecule has 0 saturated carbocycles. The molecule has 0 spiro atoms. The van der Waals surface area contributed by atoms with Crippen LogP contribution in [0.3, 0.4) is 0 Å². The predicted molar refractivity (Wildman–Crippen MR) is 101 cm³/mol. The van der Waals surface area contributed by atoms with E-state index in [0.717, 1.165) is 18.9 Å². The van der Waals surface area contributed by atoms with E-state index in [0.29, 0.717) is 18.8 Å². The minimum absolute atomic E-state index is 0.169. The highest BCUT2D eigenvalue weighted by molar-refractivity contribution is 7.86. The summed E-state index contributed by atoms with van der Waals surface area (Å²) in [5.41, 5.74) is 2.59. The van der Waals surface area contributed by atoms with Crippen molar-refractivity contribution in [1.29, 1.82) is 0 Å². The summed E-state index contributed by atoms with van der Waals surface area (Å²) in [7, 11) is -0.848. The average molecular weight is 338 g/mol. The summed E-state index contributed by atoms with van der Waals surface area (Å²) in [4.78, 5) is 4.65. The van der Waals surface area contributed by atoms with E-state index < -0.39 is 10.8 Å². The number of nitrogens with one attached hydrogen (secondary N) is 2. The van der Waals surface area contributed by atoms with Gasteiger partial charge < -0.3 is 10.6 Å².